The first-order chi connectivity index (χ1) is 18.2. The second kappa shape index (κ2) is 11.8. The van der Waals surface area contributed by atoms with Gasteiger partial charge in [0.15, 0.2) is 0 Å². The van der Waals surface area contributed by atoms with Crippen molar-refractivity contribution in [3.05, 3.63) is 108 Å². The molecule has 0 aromatic heterocycles. The number of methoxy groups -OCH3 is 1. The number of carbonyl (C=O) groups excluding carboxylic acids is 2. The number of ether oxygens (including phenoxy) is 3. The first kappa shape index (κ1) is 27.4. The van der Waals surface area contributed by atoms with E-state index in [0.29, 0.717) is 19.3 Å². The highest BCUT2D eigenvalue weighted by atomic mass is 16.6. The number of nitrogens with one attached hydrogen (secondary N) is 1. The minimum atomic E-state index is -0.979. The third kappa shape index (κ3) is 7.01. The highest BCUT2D eigenvalue weighted by molar-refractivity contribution is 5.79. The largest absolute Gasteiger partial charge is 0.468 e. The second-order valence-corrected chi connectivity index (χ2v) is 10.9. The van der Waals surface area contributed by atoms with Gasteiger partial charge in [-0.2, -0.15) is 0 Å². The summed E-state index contributed by atoms with van der Waals surface area (Å²) in [6.45, 7) is 5.49. The Morgan fingerprint density at radius 2 is 1.29 bits per heavy atom. The average Bonchev–Trinajstić information content (AvgIpc) is 3.70. The zero-order valence-corrected chi connectivity index (χ0v) is 22.6. The lowest BCUT2D eigenvalue weighted by molar-refractivity contribution is -0.154. The van der Waals surface area contributed by atoms with Crippen molar-refractivity contribution in [3.63, 3.8) is 0 Å². The van der Waals surface area contributed by atoms with Gasteiger partial charge in [0.25, 0.3) is 0 Å². The number of alkyl carbamates (subject to hydrolysis) is 1. The van der Waals surface area contributed by atoms with Crippen LogP contribution in [0.25, 0.3) is 0 Å². The van der Waals surface area contributed by atoms with Crippen LogP contribution < -0.4 is 5.32 Å². The third-order valence-electron chi connectivity index (χ3n) is 6.78. The number of hydrogen-bond acceptors (Lipinski definition) is 5. The summed E-state index contributed by atoms with van der Waals surface area (Å²) in [5.41, 5.74) is 1.47. The summed E-state index contributed by atoms with van der Waals surface area (Å²) in [5.74, 6) is -0.326. The van der Waals surface area contributed by atoms with Crippen molar-refractivity contribution in [2.75, 3.05) is 7.11 Å². The Labute approximate surface area is 225 Å². The maximum Gasteiger partial charge on any atom is 0.407 e. The van der Waals surface area contributed by atoms with E-state index in [9.17, 15) is 9.59 Å². The van der Waals surface area contributed by atoms with Gasteiger partial charge in [-0.3, -0.25) is 4.79 Å². The second-order valence-electron chi connectivity index (χ2n) is 10.9. The number of benzene rings is 3. The maximum atomic E-state index is 13.6. The van der Waals surface area contributed by atoms with Gasteiger partial charge in [-0.1, -0.05) is 91.0 Å². The molecule has 200 valence electrons. The molecule has 3 aromatic carbocycles. The van der Waals surface area contributed by atoms with Gasteiger partial charge in [0.1, 0.15) is 23.2 Å². The minimum absolute atomic E-state index is 0.326. The summed E-state index contributed by atoms with van der Waals surface area (Å²) >= 11 is 0. The van der Waals surface area contributed by atoms with E-state index in [-0.39, 0.29) is 5.97 Å². The van der Waals surface area contributed by atoms with E-state index in [2.05, 4.69) is 5.32 Å². The van der Waals surface area contributed by atoms with E-state index < -0.39 is 35.4 Å². The number of hydrogen-bond donors (Lipinski definition) is 1. The molecule has 1 N–H and O–H groups in total. The normalized spacial score (nSPS) is 17.8. The fraction of sp³-hybridized carbons (Fsp3) is 0.375. The maximum absolute atomic E-state index is 13.6. The minimum Gasteiger partial charge on any atom is -0.468 e. The van der Waals surface area contributed by atoms with Gasteiger partial charge >= 0.3 is 12.1 Å². The molecule has 1 heterocycles. The lowest BCUT2D eigenvalue weighted by atomic mass is 9.72. The van der Waals surface area contributed by atoms with Crippen LogP contribution in [0.2, 0.25) is 0 Å². The molecule has 0 bridgehead atoms. The first-order valence-electron chi connectivity index (χ1n) is 13.1. The fourth-order valence-corrected chi connectivity index (χ4v) is 5.10. The zero-order valence-electron chi connectivity index (χ0n) is 22.6. The third-order valence-corrected chi connectivity index (χ3v) is 6.78. The Bertz CT molecular complexity index is 1150. The van der Waals surface area contributed by atoms with Crippen LogP contribution in [-0.4, -0.2) is 43.0 Å². The summed E-state index contributed by atoms with van der Waals surface area (Å²) in [6, 6.07) is 29.4. The van der Waals surface area contributed by atoms with Gasteiger partial charge in [0.05, 0.1) is 13.2 Å². The van der Waals surface area contributed by atoms with Crippen LogP contribution in [-0.2, 0) is 38.3 Å². The van der Waals surface area contributed by atoms with Gasteiger partial charge in [0, 0.05) is 0 Å². The molecule has 1 fully saturated rings. The van der Waals surface area contributed by atoms with E-state index in [1.165, 1.54) is 7.11 Å². The molecule has 0 aliphatic carbocycles. The Kier molecular flexibility index (Phi) is 8.52. The molecule has 3 atom stereocenters. The smallest absolute Gasteiger partial charge is 0.407 e. The molecule has 0 unspecified atom stereocenters. The van der Waals surface area contributed by atoms with Gasteiger partial charge in [0.2, 0.25) is 0 Å². The van der Waals surface area contributed by atoms with Crippen molar-refractivity contribution >= 4 is 12.1 Å². The Morgan fingerprint density at radius 3 is 1.74 bits per heavy atom. The van der Waals surface area contributed by atoms with E-state index in [0.717, 1.165) is 16.7 Å². The topological polar surface area (TPSA) is 77.2 Å². The summed E-state index contributed by atoms with van der Waals surface area (Å²) in [4.78, 5) is 26.5. The molecular weight excluding hydrogens is 478 g/mol. The number of amides is 1. The van der Waals surface area contributed by atoms with Crippen molar-refractivity contribution in [1.29, 1.82) is 0 Å². The molecule has 1 amide bonds. The zero-order chi connectivity index (χ0) is 27.2. The summed E-state index contributed by atoms with van der Waals surface area (Å²) in [7, 11) is 1.42. The van der Waals surface area contributed by atoms with E-state index in [1.807, 2.05) is 112 Å². The Hall–Kier alpha value is -3.64. The van der Waals surface area contributed by atoms with Gasteiger partial charge < -0.3 is 19.5 Å². The number of rotatable bonds is 10. The summed E-state index contributed by atoms with van der Waals surface area (Å²) in [6.07, 6.45) is 0.0628. The Morgan fingerprint density at radius 1 is 0.816 bits per heavy atom. The van der Waals surface area contributed by atoms with Crippen LogP contribution in [0, 0.1) is 5.41 Å². The highest BCUT2D eigenvalue weighted by Crippen LogP contribution is 2.46. The lowest BCUT2D eigenvalue weighted by Gasteiger charge is -2.31. The van der Waals surface area contributed by atoms with Crippen molar-refractivity contribution in [2.24, 2.45) is 5.41 Å². The molecule has 1 aliphatic heterocycles. The first-order valence-corrected chi connectivity index (χ1v) is 13.1. The summed E-state index contributed by atoms with van der Waals surface area (Å²) < 4.78 is 17.3. The molecule has 0 radical (unpaired) electrons. The van der Waals surface area contributed by atoms with Crippen LogP contribution in [0.5, 0.6) is 0 Å². The van der Waals surface area contributed by atoms with Crippen LogP contribution in [0.15, 0.2) is 91.0 Å². The van der Waals surface area contributed by atoms with Crippen LogP contribution in [0.3, 0.4) is 0 Å². The van der Waals surface area contributed by atoms with Crippen LogP contribution >= 0.6 is 0 Å². The lowest BCUT2D eigenvalue weighted by Crippen LogP contribution is -2.48. The highest BCUT2D eigenvalue weighted by Gasteiger charge is 2.62. The summed E-state index contributed by atoms with van der Waals surface area (Å²) in [5, 5.41) is 3.03. The van der Waals surface area contributed by atoms with Crippen molar-refractivity contribution < 1.29 is 23.8 Å². The van der Waals surface area contributed by atoms with Crippen molar-refractivity contribution in [2.45, 2.75) is 63.9 Å². The molecule has 6 nitrogen and oxygen atoms in total. The number of carbonyl (C=O) groups is 2. The Balaban J connectivity index is 1.68. The average molecular weight is 516 g/mol. The predicted octanol–water partition coefficient (Wildman–Crippen LogP) is 5.53. The quantitative estimate of drug-likeness (QED) is 0.284. The van der Waals surface area contributed by atoms with E-state index in [1.54, 1.807) is 0 Å². The standard InChI is InChI=1S/C32H37NO5/c1-31(2,3)38-30(35)33-26(20-23-14-8-5-9-15-23)27-28(37-27)32(29(34)36-4,21-24-16-10-6-11-17-24)22-25-18-12-7-13-19-25/h5-19,26-28H,20-22H2,1-4H3,(H,33,35)/t26-,27+,28-/m0/s1. The number of esters is 1. The van der Waals surface area contributed by atoms with Crippen molar-refractivity contribution in [1.82, 2.24) is 5.32 Å². The molecule has 1 saturated heterocycles. The molecule has 6 heteroatoms. The molecule has 0 saturated carbocycles. The van der Waals surface area contributed by atoms with Crippen LogP contribution in [0.4, 0.5) is 4.79 Å². The number of epoxide rings is 1. The van der Waals surface area contributed by atoms with Crippen molar-refractivity contribution in [3.8, 4) is 0 Å². The molecule has 4 rings (SSSR count). The van der Waals surface area contributed by atoms with E-state index >= 15 is 0 Å². The molecule has 0 spiro atoms. The van der Waals surface area contributed by atoms with Gasteiger partial charge in [-0.25, -0.2) is 4.79 Å². The monoisotopic (exact) mass is 515 g/mol. The SMILES string of the molecule is COC(=O)C(Cc1ccccc1)(Cc1ccccc1)[C@H]1O[C@@H]1[C@H](Cc1ccccc1)NC(=O)OC(C)(C)C. The fourth-order valence-electron chi connectivity index (χ4n) is 5.10. The molecule has 1 aliphatic rings. The van der Waals surface area contributed by atoms with Gasteiger partial charge in [-0.15, -0.1) is 0 Å². The van der Waals surface area contributed by atoms with Gasteiger partial charge in [-0.05, 0) is 56.7 Å². The van der Waals surface area contributed by atoms with E-state index in [4.69, 9.17) is 14.2 Å². The van der Waals surface area contributed by atoms with Crippen LogP contribution in [0.1, 0.15) is 37.5 Å². The molecule has 3 aromatic rings. The molecule has 38 heavy (non-hydrogen) atoms. The predicted molar refractivity (Wildman–Crippen MR) is 147 cm³/mol. The molecular formula is C32H37NO5.